The summed E-state index contributed by atoms with van der Waals surface area (Å²) < 4.78 is 24.1. The van der Waals surface area contributed by atoms with Crippen molar-refractivity contribution in [1.29, 1.82) is 0 Å². The van der Waals surface area contributed by atoms with Crippen LogP contribution in [0.5, 0.6) is 11.5 Å². The van der Waals surface area contributed by atoms with Crippen molar-refractivity contribution >= 4 is 7.82 Å². The average Bonchev–Trinajstić information content (AvgIpc) is 2.59. The van der Waals surface area contributed by atoms with E-state index in [4.69, 9.17) is 9.05 Å². The molecule has 0 unspecified atom stereocenters. The molecule has 4 nitrogen and oxygen atoms in total. The van der Waals surface area contributed by atoms with Gasteiger partial charge in [0.05, 0.1) is 0 Å². The van der Waals surface area contributed by atoms with E-state index in [1.165, 1.54) is 0 Å². The van der Waals surface area contributed by atoms with Crippen molar-refractivity contribution in [1.82, 2.24) is 0 Å². The van der Waals surface area contributed by atoms with Crippen LogP contribution in [0.3, 0.4) is 0 Å². The van der Waals surface area contributed by atoms with Crippen LogP contribution >= 0.6 is 7.82 Å². The van der Waals surface area contributed by atoms with E-state index < -0.39 is 7.82 Å². The maximum atomic E-state index is 12.9. The second kappa shape index (κ2) is 8.53. The monoisotopic (exact) mass is 418 g/mol. The summed E-state index contributed by atoms with van der Waals surface area (Å²) in [6.07, 6.45) is 1.77. The zero-order valence-corrected chi connectivity index (χ0v) is 19.9. The van der Waals surface area contributed by atoms with Gasteiger partial charge in [0, 0.05) is 11.1 Å². The molecule has 0 saturated carbocycles. The SMILES string of the molecule is CCc1ccc(OP(=O)(O)Oc2ccc(CC)cc2C(C)(C)C)c(C(C)(C)C)c1. The van der Waals surface area contributed by atoms with E-state index in [-0.39, 0.29) is 10.8 Å². The Bertz CT molecular complexity index is 833. The van der Waals surface area contributed by atoms with E-state index in [2.05, 4.69) is 55.4 Å². The van der Waals surface area contributed by atoms with Gasteiger partial charge < -0.3 is 9.05 Å². The van der Waals surface area contributed by atoms with Crippen molar-refractivity contribution in [2.75, 3.05) is 0 Å². The summed E-state index contributed by atoms with van der Waals surface area (Å²) in [7, 11) is -4.38. The molecule has 2 aromatic rings. The summed E-state index contributed by atoms with van der Waals surface area (Å²) in [6.45, 7) is 16.5. The standard InChI is InChI=1S/C24H35O4P/c1-9-17-11-13-21(19(15-17)23(3,4)5)27-29(25,26)28-22-14-12-18(10-2)16-20(22)24(6,7)8/h11-16H,9-10H2,1-8H3,(H,25,26). The first-order chi connectivity index (χ1) is 13.3. The summed E-state index contributed by atoms with van der Waals surface area (Å²) in [5.74, 6) is 0.756. The highest BCUT2D eigenvalue weighted by molar-refractivity contribution is 7.48. The van der Waals surface area contributed by atoms with Crippen LogP contribution in [-0.4, -0.2) is 4.89 Å². The van der Waals surface area contributed by atoms with Gasteiger partial charge in [0.1, 0.15) is 11.5 Å². The fraction of sp³-hybridized carbons (Fsp3) is 0.500. The van der Waals surface area contributed by atoms with Crippen molar-refractivity contribution < 1.29 is 18.5 Å². The Labute approximate surface area is 175 Å². The molecule has 0 radical (unpaired) electrons. The fourth-order valence-electron chi connectivity index (χ4n) is 3.19. The highest BCUT2D eigenvalue weighted by Crippen LogP contribution is 2.49. The lowest BCUT2D eigenvalue weighted by molar-refractivity contribution is 0.286. The molecule has 0 saturated heterocycles. The maximum absolute atomic E-state index is 12.9. The van der Waals surface area contributed by atoms with Crippen LogP contribution in [0, 0.1) is 0 Å². The van der Waals surface area contributed by atoms with E-state index in [9.17, 15) is 9.46 Å². The van der Waals surface area contributed by atoms with Crippen LogP contribution in [-0.2, 0) is 28.2 Å². The molecule has 0 fully saturated rings. The molecule has 0 aliphatic heterocycles. The quantitative estimate of drug-likeness (QED) is 0.515. The Morgan fingerprint density at radius 2 is 1.10 bits per heavy atom. The van der Waals surface area contributed by atoms with E-state index >= 15 is 0 Å². The number of hydrogen-bond acceptors (Lipinski definition) is 3. The zero-order valence-electron chi connectivity index (χ0n) is 19.0. The van der Waals surface area contributed by atoms with E-state index in [1.54, 1.807) is 12.1 Å². The lowest BCUT2D eigenvalue weighted by Gasteiger charge is -2.26. The summed E-state index contributed by atoms with van der Waals surface area (Å²) in [5, 5.41) is 0. The van der Waals surface area contributed by atoms with Crippen LogP contribution in [0.1, 0.15) is 77.6 Å². The minimum atomic E-state index is -4.38. The molecule has 0 aliphatic carbocycles. The summed E-state index contributed by atoms with van der Waals surface area (Å²) in [6, 6.07) is 11.4. The van der Waals surface area contributed by atoms with Gasteiger partial charge in [0.2, 0.25) is 0 Å². The molecule has 1 N–H and O–H groups in total. The molecular weight excluding hydrogens is 383 g/mol. The summed E-state index contributed by atoms with van der Waals surface area (Å²) in [4.78, 5) is 10.6. The van der Waals surface area contributed by atoms with Crippen LogP contribution in [0.25, 0.3) is 0 Å². The normalized spacial score (nSPS) is 12.7. The smallest absolute Gasteiger partial charge is 0.395 e. The highest BCUT2D eigenvalue weighted by Gasteiger charge is 2.31. The first-order valence-electron chi connectivity index (χ1n) is 10.3. The molecule has 5 heteroatoms. The Morgan fingerprint density at radius 1 is 0.759 bits per heavy atom. The van der Waals surface area contributed by atoms with E-state index in [0.29, 0.717) is 11.5 Å². The Hall–Kier alpha value is -1.77. The number of hydrogen-bond donors (Lipinski definition) is 1. The largest absolute Gasteiger partial charge is 0.584 e. The minimum absolute atomic E-state index is 0.236. The first kappa shape index (κ1) is 23.5. The fourth-order valence-corrected chi connectivity index (χ4v) is 4.05. The van der Waals surface area contributed by atoms with Crippen molar-refractivity contribution in [2.24, 2.45) is 0 Å². The third-order valence-electron chi connectivity index (χ3n) is 4.95. The van der Waals surface area contributed by atoms with Gasteiger partial charge >= 0.3 is 7.82 Å². The van der Waals surface area contributed by atoms with Crippen LogP contribution < -0.4 is 9.05 Å². The van der Waals surface area contributed by atoms with Gasteiger partial charge in [-0.3, -0.25) is 4.89 Å². The number of aryl methyl sites for hydroxylation is 2. The number of phosphoric acid groups is 1. The third kappa shape index (κ3) is 6.10. The predicted octanol–water partition coefficient (Wildman–Crippen LogP) is 6.96. The molecular formula is C24H35O4P. The molecule has 0 aromatic heterocycles. The number of rotatable bonds is 6. The molecule has 0 heterocycles. The molecule has 29 heavy (non-hydrogen) atoms. The van der Waals surface area contributed by atoms with Crippen LogP contribution in [0.2, 0.25) is 0 Å². The van der Waals surface area contributed by atoms with Gasteiger partial charge in [-0.15, -0.1) is 0 Å². The number of benzene rings is 2. The lowest BCUT2D eigenvalue weighted by atomic mass is 9.85. The zero-order chi connectivity index (χ0) is 22.0. The molecule has 2 aromatic carbocycles. The minimum Gasteiger partial charge on any atom is -0.395 e. The molecule has 0 spiro atoms. The van der Waals surface area contributed by atoms with Crippen molar-refractivity contribution in [3.63, 3.8) is 0 Å². The van der Waals surface area contributed by atoms with Gasteiger partial charge in [-0.25, -0.2) is 4.57 Å². The molecule has 0 atom stereocenters. The topological polar surface area (TPSA) is 55.8 Å². The van der Waals surface area contributed by atoms with Crippen molar-refractivity contribution in [3.05, 3.63) is 58.7 Å². The maximum Gasteiger partial charge on any atom is 0.584 e. The van der Waals surface area contributed by atoms with Crippen LogP contribution in [0.15, 0.2) is 36.4 Å². The van der Waals surface area contributed by atoms with Crippen LogP contribution in [0.4, 0.5) is 0 Å². The average molecular weight is 419 g/mol. The molecule has 0 aliphatic rings. The first-order valence-corrected chi connectivity index (χ1v) is 11.7. The summed E-state index contributed by atoms with van der Waals surface area (Å²) >= 11 is 0. The molecule has 0 bridgehead atoms. The lowest BCUT2D eigenvalue weighted by Crippen LogP contribution is -2.16. The Morgan fingerprint density at radius 3 is 1.38 bits per heavy atom. The van der Waals surface area contributed by atoms with Gasteiger partial charge in [-0.05, 0) is 46.9 Å². The molecule has 0 amide bonds. The Kier molecular flexibility index (Phi) is 6.92. The van der Waals surface area contributed by atoms with Gasteiger partial charge in [0.15, 0.2) is 0 Å². The second-order valence-corrected chi connectivity index (χ2v) is 10.8. The number of phosphoric ester groups is 1. The molecule has 160 valence electrons. The van der Waals surface area contributed by atoms with Crippen molar-refractivity contribution in [3.8, 4) is 11.5 Å². The van der Waals surface area contributed by atoms with E-state index in [0.717, 1.165) is 35.1 Å². The van der Waals surface area contributed by atoms with Gasteiger partial charge in [-0.1, -0.05) is 79.7 Å². The van der Waals surface area contributed by atoms with Gasteiger partial charge in [0.25, 0.3) is 0 Å². The predicted molar refractivity (Wildman–Crippen MR) is 120 cm³/mol. The van der Waals surface area contributed by atoms with Gasteiger partial charge in [-0.2, -0.15) is 0 Å². The summed E-state index contributed by atoms with van der Waals surface area (Å²) in [5.41, 5.74) is 3.60. The van der Waals surface area contributed by atoms with E-state index in [1.807, 2.05) is 24.3 Å². The second-order valence-electron chi connectivity index (χ2n) is 9.52. The highest BCUT2D eigenvalue weighted by atomic mass is 31.2. The van der Waals surface area contributed by atoms with Crippen molar-refractivity contribution in [2.45, 2.75) is 79.1 Å². The third-order valence-corrected chi connectivity index (χ3v) is 5.80. The molecule has 2 rings (SSSR count). The Balaban J connectivity index is 2.41.